The summed E-state index contributed by atoms with van der Waals surface area (Å²) in [7, 11) is 0. The first-order valence-corrected chi connectivity index (χ1v) is 15.9. The molecule has 0 spiro atoms. The first kappa shape index (κ1) is 34.6. The van der Waals surface area contributed by atoms with E-state index in [9.17, 15) is 22.8 Å². The lowest BCUT2D eigenvalue weighted by Gasteiger charge is -2.35. The van der Waals surface area contributed by atoms with Gasteiger partial charge in [0, 0.05) is 24.7 Å². The molecule has 252 valence electrons. The molecule has 1 aliphatic heterocycles. The predicted octanol–water partition coefficient (Wildman–Crippen LogP) is 5.81. The minimum absolute atomic E-state index is 0.115. The second kappa shape index (κ2) is 16.4. The van der Waals surface area contributed by atoms with Crippen molar-refractivity contribution in [2.45, 2.75) is 56.5 Å². The predicted molar refractivity (Wildman–Crippen MR) is 177 cm³/mol. The van der Waals surface area contributed by atoms with E-state index in [1.54, 1.807) is 36.4 Å². The first-order chi connectivity index (χ1) is 23.2. The number of ether oxygens (including phenoxy) is 2. The summed E-state index contributed by atoms with van der Waals surface area (Å²) in [5.41, 5.74) is 10.1. The van der Waals surface area contributed by atoms with Gasteiger partial charge in [-0.3, -0.25) is 4.79 Å². The van der Waals surface area contributed by atoms with Crippen molar-refractivity contribution < 1.29 is 32.2 Å². The van der Waals surface area contributed by atoms with Crippen LogP contribution in [0.1, 0.15) is 41.5 Å². The molecule has 0 radical (unpaired) electrons. The largest absolute Gasteiger partial charge is 0.448 e. The van der Waals surface area contributed by atoms with Crippen molar-refractivity contribution in [2.75, 3.05) is 18.5 Å². The number of anilines is 1. The number of hydrogen-bond donors (Lipinski definition) is 4. The zero-order valence-corrected chi connectivity index (χ0v) is 26.5. The monoisotopic (exact) mass is 660 g/mol. The van der Waals surface area contributed by atoms with Gasteiger partial charge in [-0.05, 0) is 84.5 Å². The molecule has 0 aliphatic carbocycles. The number of rotatable bonds is 12. The maximum absolute atomic E-state index is 13.7. The summed E-state index contributed by atoms with van der Waals surface area (Å²) in [5, 5.41) is 9.02. The number of carbonyl (C=O) groups excluding carboxylic acids is 2. The fourth-order valence-electron chi connectivity index (χ4n) is 5.74. The lowest BCUT2D eigenvalue weighted by molar-refractivity contribution is -0.117. The number of halogens is 3. The zero-order valence-electron chi connectivity index (χ0n) is 26.5. The molecule has 0 saturated carbocycles. The van der Waals surface area contributed by atoms with Crippen molar-refractivity contribution in [1.82, 2.24) is 10.6 Å². The van der Waals surface area contributed by atoms with E-state index in [1.165, 1.54) is 36.4 Å². The second-order valence-corrected chi connectivity index (χ2v) is 11.8. The van der Waals surface area contributed by atoms with Crippen molar-refractivity contribution in [3.63, 3.8) is 0 Å². The number of nitrogens with two attached hydrogens (primary N) is 1. The highest BCUT2D eigenvalue weighted by Crippen LogP contribution is 2.29. The molecule has 4 atom stereocenters. The van der Waals surface area contributed by atoms with E-state index in [1.807, 2.05) is 31.2 Å². The Kier molecular flexibility index (Phi) is 11.8. The Morgan fingerprint density at radius 2 is 1.48 bits per heavy atom. The van der Waals surface area contributed by atoms with Crippen LogP contribution in [0.3, 0.4) is 0 Å². The van der Waals surface area contributed by atoms with E-state index in [2.05, 4.69) is 16.0 Å². The third kappa shape index (κ3) is 9.43. The van der Waals surface area contributed by atoms with Crippen molar-refractivity contribution in [3.05, 3.63) is 137 Å². The molecule has 1 fully saturated rings. The summed E-state index contributed by atoms with van der Waals surface area (Å²) in [5.74, 6) is -2.25. The van der Waals surface area contributed by atoms with Gasteiger partial charge in [0.25, 0.3) is 0 Å². The molecule has 4 aromatic rings. The summed E-state index contributed by atoms with van der Waals surface area (Å²) in [6, 6.07) is 23.6. The van der Waals surface area contributed by atoms with Crippen LogP contribution in [-0.2, 0) is 27.2 Å². The van der Waals surface area contributed by atoms with E-state index in [-0.39, 0.29) is 37.2 Å². The molecule has 5 rings (SSSR count). The second-order valence-electron chi connectivity index (χ2n) is 11.8. The minimum atomic E-state index is -1.05. The van der Waals surface area contributed by atoms with Gasteiger partial charge < -0.3 is 31.2 Å². The van der Waals surface area contributed by atoms with Crippen LogP contribution in [-0.4, -0.2) is 49.4 Å². The van der Waals surface area contributed by atoms with Crippen LogP contribution in [0.5, 0.6) is 0 Å². The quantitative estimate of drug-likeness (QED) is 0.153. The molecule has 4 aromatic carbocycles. The average Bonchev–Trinajstić information content (AvgIpc) is 3.09. The Balaban J connectivity index is 1.13. The summed E-state index contributed by atoms with van der Waals surface area (Å²) >= 11 is 0. The van der Waals surface area contributed by atoms with Crippen LogP contribution >= 0.6 is 0 Å². The van der Waals surface area contributed by atoms with Gasteiger partial charge in [0.15, 0.2) is 0 Å². The van der Waals surface area contributed by atoms with Crippen LogP contribution < -0.4 is 21.7 Å². The van der Waals surface area contributed by atoms with Gasteiger partial charge in [-0.25, -0.2) is 18.0 Å². The molecule has 0 bridgehead atoms. The van der Waals surface area contributed by atoms with Crippen LogP contribution in [0.15, 0.2) is 97.1 Å². The normalized spacial score (nSPS) is 18.2. The number of hydrogen-bond acceptors (Lipinski definition) is 6. The highest BCUT2D eigenvalue weighted by atomic mass is 19.1. The van der Waals surface area contributed by atoms with Crippen LogP contribution in [0, 0.1) is 17.5 Å². The van der Waals surface area contributed by atoms with E-state index >= 15 is 0 Å². The third-order valence-electron chi connectivity index (χ3n) is 8.46. The van der Waals surface area contributed by atoms with Crippen LogP contribution in [0.2, 0.25) is 0 Å². The van der Waals surface area contributed by atoms with Gasteiger partial charge >= 0.3 is 6.09 Å². The number of para-hydroxylation sites is 1. The Morgan fingerprint density at radius 3 is 2.08 bits per heavy atom. The highest BCUT2D eigenvalue weighted by molar-refractivity contribution is 5.96. The van der Waals surface area contributed by atoms with E-state index in [0.717, 1.165) is 11.1 Å². The van der Waals surface area contributed by atoms with Crippen molar-refractivity contribution in [3.8, 4) is 0 Å². The number of carbonyl (C=O) groups is 2. The van der Waals surface area contributed by atoms with Gasteiger partial charge in [0.05, 0.1) is 24.3 Å². The number of amides is 2. The fourth-order valence-corrected chi connectivity index (χ4v) is 5.74. The number of benzene rings is 4. The maximum atomic E-state index is 13.7. The number of aryl methyl sites for hydroxylation is 1. The van der Waals surface area contributed by atoms with Gasteiger partial charge in [0.2, 0.25) is 5.91 Å². The maximum Gasteiger partial charge on any atom is 0.407 e. The lowest BCUT2D eigenvalue weighted by atomic mass is 9.85. The topological polar surface area (TPSA) is 115 Å². The molecule has 0 aromatic heterocycles. The Labute approximate surface area is 277 Å². The summed E-state index contributed by atoms with van der Waals surface area (Å²) in [6.07, 6.45) is 0.357. The lowest BCUT2D eigenvalue weighted by Crippen LogP contribution is -2.54. The number of nitrogens with one attached hydrogen (secondary N) is 3. The molecule has 2 amide bonds. The van der Waals surface area contributed by atoms with Gasteiger partial charge in [-0.1, -0.05) is 54.6 Å². The molecular formula is C37H39F3N4O4. The van der Waals surface area contributed by atoms with Crippen molar-refractivity contribution in [1.29, 1.82) is 0 Å². The number of alkyl carbamates (subject to hydrolysis) is 1. The Morgan fingerprint density at radius 1 is 0.896 bits per heavy atom. The smallest absolute Gasteiger partial charge is 0.407 e. The SMILES string of the molecule is C[C@H]1O[C@H](CCc2ccccc2NC(=O)[C@@H](N)C(c2ccc(F)cc2)c2ccc(F)cc2)CN[C@@H]1COC(=O)NCc1ccc(F)cc1. The van der Waals surface area contributed by atoms with Crippen molar-refractivity contribution >= 4 is 17.7 Å². The molecule has 5 N–H and O–H groups in total. The third-order valence-corrected chi connectivity index (χ3v) is 8.46. The summed E-state index contributed by atoms with van der Waals surface area (Å²) < 4.78 is 52.1. The van der Waals surface area contributed by atoms with Gasteiger partial charge in [-0.2, -0.15) is 0 Å². The molecule has 1 aliphatic rings. The van der Waals surface area contributed by atoms with E-state index in [4.69, 9.17) is 15.2 Å². The molecule has 1 heterocycles. The standard InChI is InChI=1S/C37H39F3N4O4/c1-23-33(22-47-37(46)43-20-24-6-13-28(38)14-7-24)42-21-31(48-23)19-12-25-4-2-3-5-32(25)44-36(45)35(41)34(26-8-15-29(39)16-9-26)27-10-17-30(40)18-11-27/h2-11,13-18,23,31,33-35,42H,12,19-22,41H2,1H3,(H,43,46)(H,44,45)/t23-,31-,33-,35+/m1/s1. The summed E-state index contributed by atoms with van der Waals surface area (Å²) in [6.45, 7) is 2.81. The van der Waals surface area contributed by atoms with Crippen LogP contribution in [0.4, 0.5) is 23.7 Å². The van der Waals surface area contributed by atoms with Gasteiger partial charge in [0.1, 0.15) is 24.1 Å². The summed E-state index contributed by atoms with van der Waals surface area (Å²) in [4.78, 5) is 25.7. The average molecular weight is 661 g/mol. The zero-order chi connectivity index (χ0) is 34.0. The Bertz CT molecular complexity index is 1610. The molecular weight excluding hydrogens is 621 g/mol. The minimum Gasteiger partial charge on any atom is -0.448 e. The van der Waals surface area contributed by atoms with Gasteiger partial charge in [-0.15, -0.1) is 0 Å². The fraction of sp³-hybridized carbons (Fsp3) is 0.297. The molecule has 11 heteroatoms. The molecule has 8 nitrogen and oxygen atoms in total. The van der Waals surface area contributed by atoms with Crippen molar-refractivity contribution in [2.24, 2.45) is 5.73 Å². The van der Waals surface area contributed by atoms with Crippen LogP contribution in [0.25, 0.3) is 0 Å². The molecule has 1 saturated heterocycles. The highest BCUT2D eigenvalue weighted by Gasteiger charge is 2.30. The molecule has 48 heavy (non-hydrogen) atoms. The van der Waals surface area contributed by atoms with E-state index in [0.29, 0.717) is 36.2 Å². The van der Waals surface area contributed by atoms with E-state index < -0.39 is 35.6 Å². The molecule has 0 unspecified atom stereocenters. The number of morpholine rings is 1. The first-order valence-electron chi connectivity index (χ1n) is 15.9. The Hall–Kier alpha value is -4.71.